The van der Waals surface area contributed by atoms with E-state index in [0.29, 0.717) is 6.61 Å². The van der Waals surface area contributed by atoms with Crippen LogP contribution in [0.15, 0.2) is 22.3 Å². The molecule has 0 heterocycles. The first-order valence-corrected chi connectivity index (χ1v) is 5.78. The number of halogens is 2. The molecule has 0 aliphatic heterocycles. The molecule has 0 fully saturated rings. The average Bonchev–Trinajstić information content (AvgIpc) is 2.32. The maximum Gasteiger partial charge on any atom is 0.211 e. The van der Waals surface area contributed by atoms with E-state index in [-0.39, 0.29) is 17.3 Å². The van der Waals surface area contributed by atoms with Crippen molar-refractivity contribution in [1.29, 1.82) is 0 Å². The SMILES string of the molecule is CCCCOc1c(F)cc(F)cc1C=NN=C(N)N. The van der Waals surface area contributed by atoms with E-state index in [9.17, 15) is 8.78 Å². The molecule has 0 bridgehead atoms. The fraction of sp³-hybridized carbons (Fsp3) is 0.333. The lowest BCUT2D eigenvalue weighted by molar-refractivity contribution is 0.293. The van der Waals surface area contributed by atoms with Gasteiger partial charge in [0, 0.05) is 11.6 Å². The zero-order valence-corrected chi connectivity index (χ0v) is 10.6. The second-order valence-corrected chi connectivity index (χ2v) is 3.78. The lowest BCUT2D eigenvalue weighted by Crippen LogP contribution is -2.21. The highest BCUT2D eigenvalue weighted by molar-refractivity contribution is 5.84. The summed E-state index contributed by atoms with van der Waals surface area (Å²) in [6.45, 7) is 2.31. The molecular weight excluding hydrogens is 254 g/mol. The molecule has 0 amide bonds. The largest absolute Gasteiger partial charge is 0.490 e. The van der Waals surface area contributed by atoms with Crippen molar-refractivity contribution in [2.75, 3.05) is 6.61 Å². The number of nitrogens with zero attached hydrogens (tertiary/aromatic N) is 2. The van der Waals surface area contributed by atoms with E-state index in [1.165, 1.54) is 0 Å². The van der Waals surface area contributed by atoms with Gasteiger partial charge < -0.3 is 16.2 Å². The molecule has 0 atom stereocenters. The third-order valence-corrected chi connectivity index (χ3v) is 2.15. The molecule has 1 aromatic carbocycles. The zero-order valence-electron chi connectivity index (χ0n) is 10.6. The first-order valence-electron chi connectivity index (χ1n) is 5.78. The van der Waals surface area contributed by atoms with E-state index in [1.807, 2.05) is 6.92 Å². The van der Waals surface area contributed by atoms with Gasteiger partial charge in [-0.1, -0.05) is 13.3 Å². The number of hydrogen-bond donors (Lipinski definition) is 2. The minimum absolute atomic E-state index is 0.0654. The third-order valence-electron chi connectivity index (χ3n) is 2.15. The van der Waals surface area contributed by atoms with Gasteiger partial charge in [-0.05, 0) is 12.5 Å². The summed E-state index contributed by atoms with van der Waals surface area (Å²) in [6, 6.07) is 1.84. The summed E-state index contributed by atoms with van der Waals surface area (Å²) in [5, 5.41) is 6.87. The van der Waals surface area contributed by atoms with Crippen LogP contribution in [0.25, 0.3) is 0 Å². The van der Waals surface area contributed by atoms with Gasteiger partial charge in [-0.3, -0.25) is 0 Å². The molecule has 0 aliphatic carbocycles. The van der Waals surface area contributed by atoms with Gasteiger partial charge >= 0.3 is 0 Å². The van der Waals surface area contributed by atoms with Crippen molar-refractivity contribution in [3.8, 4) is 5.75 Å². The van der Waals surface area contributed by atoms with Gasteiger partial charge in [0.1, 0.15) is 5.82 Å². The number of ether oxygens (including phenoxy) is 1. The predicted octanol–water partition coefficient (Wildman–Crippen LogP) is 1.75. The molecule has 0 aromatic heterocycles. The maximum atomic E-state index is 13.6. The molecule has 0 radical (unpaired) electrons. The standard InChI is InChI=1S/C12H16F2N4O/c1-2-3-4-19-11-8(7-17-18-12(15)16)5-9(13)6-10(11)14/h5-7H,2-4H2,1H3,(H4,15,16,18). The summed E-state index contributed by atoms with van der Waals surface area (Å²) in [6.07, 6.45) is 2.80. The molecular formula is C12H16F2N4O. The highest BCUT2D eigenvalue weighted by atomic mass is 19.1. The Kier molecular flexibility index (Phi) is 5.72. The van der Waals surface area contributed by atoms with Crippen LogP contribution < -0.4 is 16.2 Å². The lowest BCUT2D eigenvalue weighted by Gasteiger charge is -2.09. The van der Waals surface area contributed by atoms with Crippen molar-refractivity contribution >= 4 is 12.2 Å². The van der Waals surface area contributed by atoms with Crippen LogP contribution >= 0.6 is 0 Å². The Bertz CT molecular complexity index is 485. The Morgan fingerprint density at radius 3 is 2.74 bits per heavy atom. The monoisotopic (exact) mass is 270 g/mol. The molecule has 104 valence electrons. The van der Waals surface area contributed by atoms with Crippen molar-refractivity contribution in [1.82, 2.24) is 0 Å². The van der Waals surface area contributed by atoms with Gasteiger partial charge in [0.15, 0.2) is 11.6 Å². The molecule has 0 aliphatic rings. The van der Waals surface area contributed by atoms with Crippen LogP contribution in [-0.2, 0) is 0 Å². The molecule has 0 unspecified atom stereocenters. The van der Waals surface area contributed by atoms with E-state index in [4.69, 9.17) is 16.2 Å². The second-order valence-electron chi connectivity index (χ2n) is 3.78. The van der Waals surface area contributed by atoms with E-state index >= 15 is 0 Å². The number of guanidine groups is 1. The Balaban J connectivity index is 2.99. The van der Waals surface area contributed by atoms with E-state index in [2.05, 4.69) is 10.2 Å². The summed E-state index contributed by atoms with van der Waals surface area (Å²) in [7, 11) is 0. The van der Waals surface area contributed by atoms with Crippen LogP contribution in [0.3, 0.4) is 0 Å². The number of unbranched alkanes of at least 4 members (excludes halogenated alkanes) is 1. The molecule has 7 heteroatoms. The van der Waals surface area contributed by atoms with E-state index in [0.717, 1.165) is 31.2 Å². The molecule has 0 spiro atoms. The second kappa shape index (κ2) is 7.30. The normalized spacial score (nSPS) is 10.7. The Morgan fingerprint density at radius 1 is 1.37 bits per heavy atom. The third kappa shape index (κ3) is 4.90. The lowest BCUT2D eigenvalue weighted by atomic mass is 10.2. The van der Waals surface area contributed by atoms with Crippen molar-refractivity contribution in [2.45, 2.75) is 19.8 Å². The van der Waals surface area contributed by atoms with Crippen LogP contribution in [-0.4, -0.2) is 18.8 Å². The molecule has 4 N–H and O–H groups in total. The van der Waals surface area contributed by atoms with Crippen molar-refractivity contribution in [3.63, 3.8) is 0 Å². The zero-order chi connectivity index (χ0) is 14.3. The number of rotatable bonds is 6. The summed E-state index contributed by atoms with van der Waals surface area (Å²) in [5.41, 5.74) is 10.3. The smallest absolute Gasteiger partial charge is 0.211 e. The van der Waals surface area contributed by atoms with E-state index < -0.39 is 11.6 Å². The van der Waals surface area contributed by atoms with Crippen LogP contribution in [0.2, 0.25) is 0 Å². The Labute approximate surface area is 110 Å². The van der Waals surface area contributed by atoms with Crippen molar-refractivity contribution < 1.29 is 13.5 Å². The van der Waals surface area contributed by atoms with Gasteiger partial charge in [0.05, 0.1) is 12.8 Å². The predicted molar refractivity (Wildman–Crippen MR) is 70.2 cm³/mol. The van der Waals surface area contributed by atoms with Crippen molar-refractivity contribution in [3.05, 3.63) is 29.3 Å². The highest BCUT2D eigenvalue weighted by Gasteiger charge is 2.11. The summed E-state index contributed by atoms with van der Waals surface area (Å²) in [5.74, 6) is -1.83. The summed E-state index contributed by atoms with van der Waals surface area (Å²) >= 11 is 0. The minimum atomic E-state index is -0.790. The molecule has 5 nitrogen and oxygen atoms in total. The minimum Gasteiger partial charge on any atom is -0.490 e. The van der Waals surface area contributed by atoms with Gasteiger partial charge in [0.2, 0.25) is 5.96 Å². The van der Waals surface area contributed by atoms with Crippen LogP contribution in [0.4, 0.5) is 8.78 Å². The first kappa shape index (κ1) is 14.9. The van der Waals surface area contributed by atoms with Gasteiger partial charge in [-0.15, -0.1) is 5.10 Å². The van der Waals surface area contributed by atoms with Crippen molar-refractivity contribution in [2.24, 2.45) is 21.7 Å². The molecule has 0 saturated heterocycles. The highest BCUT2D eigenvalue weighted by Crippen LogP contribution is 2.23. The molecule has 19 heavy (non-hydrogen) atoms. The first-order chi connectivity index (χ1) is 9.04. The molecule has 1 aromatic rings. The summed E-state index contributed by atoms with van der Waals surface area (Å²) in [4.78, 5) is 0. The maximum absolute atomic E-state index is 13.6. The topological polar surface area (TPSA) is 86.0 Å². The van der Waals surface area contributed by atoms with Gasteiger partial charge in [-0.2, -0.15) is 5.10 Å². The fourth-order valence-corrected chi connectivity index (χ4v) is 1.30. The molecule has 0 saturated carbocycles. The van der Waals surface area contributed by atoms with Gasteiger partial charge in [-0.25, -0.2) is 8.78 Å². The number of nitrogens with two attached hydrogens (primary N) is 2. The molecule has 1 rings (SSSR count). The fourth-order valence-electron chi connectivity index (χ4n) is 1.30. The van der Waals surface area contributed by atoms with Crippen LogP contribution in [0.1, 0.15) is 25.3 Å². The summed E-state index contributed by atoms with van der Waals surface area (Å²) < 4.78 is 32.0. The number of hydrogen-bond acceptors (Lipinski definition) is 3. The van der Waals surface area contributed by atoms with Crippen LogP contribution in [0, 0.1) is 11.6 Å². The Hall–Kier alpha value is -2.18. The average molecular weight is 270 g/mol. The van der Waals surface area contributed by atoms with Gasteiger partial charge in [0.25, 0.3) is 0 Å². The Morgan fingerprint density at radius 2 is 2.11 bits per heavy atom. The number of benzene rings is 1. The quantitative estimate of drug-likeness (QED) is 0.357. The van der Waals surface area contributed by atoms with Crippen LogP contribution in [0.5, 0.6) is 5.75 Å². The van der Waals surface area contributed by atoms with E-state index in [1.54, 1.807) is 0 Å².